The van der Waals surface area contributed by atoms with Crippen molar-refractivity contribution in [1.82, 2.24) is 21.4 Å². The van der Waals surface area contributed by atoms with Crippen molar-refractivity contribution >= 4 is 29.6 Å². The predicted molar refractivity (Wildman–Crippen MR) is 163 cm³/mol. The van der Waals surface area contributed by atoms with Gasteiger partial charge in [0.1, 0.15) is 6.04 Å². The number of aryl methyl sites for hydroxylation is 2. The Morgan fingerprint density at radius 2 is 1.27 bits per heavy atom. The van der Waals surface area contributed by atoms with Gasteiger partial charge in [0.2, 0.25) is 17.7 Å². The number of hydrogen-bond acceptors (Lipinski definition) is 8. The number of hydrogen-bond donors (Lipinski definition) is 4. The molecule has 12 heteroatoms. The van der Waals surface area contributed by atoms with Crippen LogP contribution in [0.3, 0.4) is 0 Å². The molecule has 44 heavy (non-hydrogen) atoms. The zero-order valence-corrected chi connectivity index (χ0v) is 25.5. The largest absolute Gasteiger partial charge is 0.384 e. The molecule has 0 radical (unpaired) electrons. The van der Waals surface area contributed by atoms with E-state index in [0.717, 1.165) is 31.2 Å². The molecule has 2 aromatic carbocycles. The summed E-state index contributed by atoms with van der Waals surface area (Å²) < 4.78 is 9.72. The first-order valence-electron chi connectivity index (χ1n) is 14.7. The molecule has 1 atom stereocenters. The van der Waals surface area contributed by atoms with Crippen LogP contribution in [-0.4, -0.2) is 76.2 Å². The molecule has 0 aliphatic heterocycles. The van der Waals surface area contributed by atoms with Gasteiger partial charge >= 0.3 is 5.97 Å². The number of nitrogens with one attached hydrogen (secondary N) is 4. The summed E-state index contributed by atoms with van der Waals surface area (Å²) in [5.41, 5.74) is 5.45. The van der Waals surface area contributed by atoms with E-state index in [9.17, 15) is 24.0 Å². The maximum atomic E-state index is 12.6. The Bertz CT molecular complexity index is 1170. The SMILES string of the molecule is COCCC(=O)NC[C@H](NC(=O)CCOC)C(=O)NCCC(=O)ONC(=O)Cc1ccc(CCCCc2ccccc2)cc1. The fraction of sp³-hybridized carbons (Fsp3) is 0.469. The van der Waals surface area contributed by atoms with Crippen LogP contribution in [0.2, 0.25) is 0 Å². The van der Waals surface area contributed by atoms with Gasteiger partial charge in [-0.15, -0.1) is 0 Å². The van der Waals surface area contributed by atoms with Crippen LogP contribution in [0.4, 0.5) is 0 Å². The molecule has 2 rings (SSSR count). The molecule has 0 saturated heterocycles. The number of rotatable bonds is 20. The van der Waals surface area contributed by atoms with Gasteiger partial charge in [0, 0.05) is 40.2 Å². The molecule has 0 saturated carbocycles. The number of amides is 4. The Morgan fingerprint density at radius 1 is 0.682 bits per heavy atom. The summed E-state index contributed by atoms with van der Waals surface area (Å²) in [5.74, 6) is -2.62. The standard InChI is InChI=1S/C32H44N4O8/c1-42-20-17-28(37)34-23-27(35-29(38)18-21-43-2)32(41)33-19-16-31(40)44-36-30(39)22-26-14-12-25(13-15-26)11-7-6-10-24-8-4-3-5-9-24/h3-5,8-9,12-15,27H,6-7,10-11,16-23H2,1-2H3,(H,33,41)(H,34,37)(H,35,38)(H,36,39)/t27-/m0/s1. The van der Waals surface area contributed by atoms with Crippen LogP contribution in [-0.2, 0) is 57.5 Å². The molecule has 0 aliphatic carbocycles. The fourth-order valence-electron chi connectivity index (χ4n) is 4.09. The van der Waals surface area contributed by atoms with Crippen LogP contribution in [0, 0.1) is 0 Å². The van der Waals surface area contributed by atoms with Gasteiger partial charge in [-0.2, -0.15) is 5.48 Å². The van der Waals surface area contributed by atoms with Crippen LogP contribution in [0.1, 0.15) is 48.8 Å². The molecule has 2 aromatic rings. The van der Waals surface area contributed by atoms with Crippen LogP contribution in [0.25, 0.3) is 0 Å². The van der Waals surface area contributed by atoms with E-state index in [1.54, 1.807) is 0 Å². The van der Waals surface area contributed by atoms with Crippen LogP contribution < -0.4 is 21.4 Å². The zero-order chi connectivity index (χ0) is 32.0. The van der Waals surface area contributed by atoms with E-state index in [0.29, 0.717) is 0 Å². The van der Waals surface area contributed by atoms with Gasteiger partial charge in [0.25, 0.3) is 5.91 Å². The third-order valence-corrected chi connectivity index (χ3v) is 6.54. The summed E-state index contributed by atoms with van der Waals surface area (Å²) in [5, 5.41) is 7.63. The van der Waals surface area contributed by atoms with E-state index in [4.69, 9.17) is 14.3 Å². The van der Waals surface area contributed by atoms with Gasteiger partial charge in [-0.3, -0.25) is 19.2 Å². The highest BCUT2D eigenvalue weighted by Gasteiger charge is 2.21. The maximum absolute atomic E-state index is 12.6. The van der Waals surface area contributed by atoms with E-state index in [1.165, 1.54) is 25.3 Å². The Morgan fingerprint density at radius 3 is 1.91 bits per heavy atom. The third kappa shape index (κ3) is 15.8. The normalized spacial score (nSPS) is 11.2. The maximum Gasteiger partial charge on any atom is 0.334 e. The lowest BCUT2D eigenvalue weighted by molar-refractivity contribution is -0.158. The third-order valence-electron chi connectivity index (χ3n) is 6.54. The molecule has 0 aromatic heterocycles. The molecular weight excluding hydrogens is 568 g/mol. The van der Waals surface area contributed by atoms with Crippen molar-refractivity contribution in [3.05, 3.63) is 71.3 Å². The van der Waals surface area contributed by atoms with Crippen molar-refractivity contribution in [2.24, 2.45) is 0 Å². The highest BCUT2D eigenvalue weighted by Crippen LogP contribution is 2.11. The molecule has 0 heterocycles. The topological polar surface area (TPSA) is 161 Å². The Labute approximate surface area is 258 Å². The van der Waals surface area contributed by atoms with Crippen molar-refractivity contribution in [2.45, 2.75) is 57.4 Å². The molecule has 240 valence electrons. The summed E-state index contributed by atoms with van der Waals surface area (Å²) in [4.78, 5) is 65.8. The minimum absolute atomic E-state index is 0.0310. The molecule has 4 N–H and O–H groups in total. The summed E-state index contributed by atoms with van der Waals surface area (Å²) in [6, 6.07) is 17.1. The van der Waals surface area contributed by atoms with E-state index in [-0.39, 0.29) is 57.9 Å². The highest BCUT2D eigenvalue weighted by atomic mass is 16.7. The lowest BCUT2D eigenvalue weighted by Gasteiger charge is -2.19. The van der Waals surface area contributed by atoms with Crippen molar-refractivity contribution in [3.8, 4) is 0 Å². The second-order valence-corrected chi connectivity index (χ2v) is 10.1. The quantitative estimate of drug-likeness (QED) is 0.129. The first-order chi connectivity index (χ1) is 21.3. The summed E-state index contributed by atoms with van der Waals surface area (Å²) >= 11 is 0. The van der Waals surface area contributed by atoms with Crippen LogP contribution in [0.15, 0.2) is 54.6 Å². The smallest absolute Gasteiger partial charge is 0.334 e. The number of unbranched alkanes of at least 4 members (excludes halogenated alkanes) is 1. The summed E-state index contributed by atoms with van der Waals surface area (Å²) in [6.45, 7) is 0.119. The molecule has 0 aliphatic rings. The Hall–Kier alpha value is -4.29. The molecule has 4 amide bonds. The monoisotopic (exact) mass is 612 g/mol. The van der Waals surface area contributed by atoms with Crippen molar-refractivity contribution in [3.63, 3.8) is 0 Å². The number of carbonyl (C=O) groups is 5. The van der Waals surface area contributed by atoms with Gasteiger partial charge in [-0.25, -0.2) is 4.79 Å². The van der Waals surface area contributed by atoms with Gasteiger partial charge in [0.15, 0.2) is 0 Å². The molecule has 0 unspecified atom stereocenters. The molecular formula is C32H44N4O8. The Kier molecular flexibility index (Phi) is 17.5. The van der Waals surface area contributed by atoms with E-state index in [1.807, 2.05) is 30.3 Å². The van der Waals surface area contributed by atoms with Gasteiger partial charge < -0.3 is 30.3 Å². The fourth-order valence-corrected chi connectivity index (χ4v) is 4.09. The van der Waals surface area contributed by atoms with Crippen molar-refractivity contribution in [1.29, 1.82) is 0 Å². The van der Waals surface area contributed by atoms with Crippen LogP contribution >= 0.6 is 0 Å². The molecule has 0 spiro atoms. The minimum atomic E-state index is -1.07. The second kappa shape index (κ2) is 21.4. The second-order valence-electron chi connectivity index (χ2n) is 10.1. The first-order valence-corrected chi connectivity index (χ1v) is 14.7. The Balaban J connectivity index is 1.67. The minimum Gasteiger partial charge on any atom is -0.384 e. The van der Waals surface area contributed by atoms with Gasteiger partial charge in [-0.05, 0) is 42.4 Å². The van der Waals surface area contributed by atoms with E-state index < -0.39 is 29.7 Å². The summed E-state index contributed by atoms with van der Waals surface area (Å²) in [6.07, 6.45) is 4.12. The number of ether oxygens (including phenoxy) is 2. The zero-order valence-electron chi connectivity index (χ0n) is 25.5. The molecule has 0 fully saturated rings. The van der Waals surface area contributed by atoms with Crippen molar-refractivity contribution in [2.75, 3.05) is 40.5 Å². The average Bonchev–Trinajstić information content (AvgIpc) is 3.03. The van der Waals surface area contributed by atoms with E-state index in [2.05, 4.69) is 45.7 Å². The predicted octanol–water partition coefficient (Wildman–Crippen LogP) is 1.55. The molecule has 0 bridgehead atoms. The summed E-state index contributed by atoms with van der Waals surface area (Å²) in [7, 11) is 2.91. The van der Waals surface area contributed by atoms with Crippen LogP contribution in [0.5, 0.6) is 0 Å². The first kappa shape index (κ1) is 35.9. The average molecular weight is 613 g/mol. The highest BCUT2D eigenvalue weighted by molar-refractivity contribution is 5.89. The lowest BCUT2D eigenvalue weighted by atomic mass is 10.0. The van der Waals surface area contributed by atoms with E-state index >= 15 is 0 Å². The number of carbonyl (C=O) groups excluding carboxylic acids is 5. The van der Waals surface area contributed by atoms with Crippen molar-refractivity contribution < 1.29 is 38.3 Å². The number of benzene rings is 2. The number of methoxy groups -OCH3 is 2. The lowest BCUT2D eigenvalue weighted by Crippen LogP contribution is -2.53. The van der Waals surface area contributed by atoms with Gasteiger partial charge in [-0.1, -0.05) is 54.6 Å². The number of hydroxylamine groups is 1. The molecule has 12 nitrogen and oxygen atoms in total. The van der Waals surface area contributed by atoms with Gasteiger partial charge in [0.05, 0.1) is 26.1 Å².